The number of carbonyl (C=O) groups excluding carboxylic acids is 1. The Bertz CT molecular complexity index is 1020. The van der Waals surface area contributed by atoms with Crippen LogP contribution in [0.15, 0.2) is 30.7 Å². The van der Waals surface area contributed by atoms with Crippen molar-refractivity contribution in [3.63, 3.8) is 0 Å². The number of hydrogen-bond acceptors (Lipinski definition) is 6. The lowest BCUT2D eigenvalue weighted by atomic mass is 10.2. The van der Waals surface area contributed by atoms with E-state index < -0.39 is 0 Å². The topological polar surface area (TPSA) is 85.2 Å². The van der Waals surface area contributed by atoms with Gasteiger partial charge in [0, 0.05) is 26.8 Å². The van der Waals surface area contributed by atoms with Gasteiger partial charge in [-0.25, -0.2) is 15.0 Å². The van der Waals surface area contributed by atoms with E-state index in [1.54, 1.807) is 18.1 Å². The van der Waals surface area contributed by atoms with Crippen LogP contribution in [0.2, 0.25) is 0 Å². The van der Waals surface area contributed by atoms with Gasteiger partial charge in [0.05, 0.1) is 18.2 Å². The van der Waals surface area contributed by atoms with E-state index in [2.05, 4.69) is 24.8 Å². The second-order valence-electron chi connectivity index (χ2n) is 6.79. The average molecular weight is 352 g/mol. The minimum atomic E-state index is -0.0570. The fraction of sp³-hybridized carbons (Fsp3) is 0.333. The van der Waals surface area contributed by atoms with Crippen LogP contribution in [0.4, 0.5) is 17.2 Å². The maximum absolute atomic E-state index is 11.7. The van der Waals surface area contributed by atoms with Gasteiger partial charge >= 0.3 is 0 Å². The molecule has 8 nitrogen and oxygen atoms in total. The second kappa shape index (κ2) is 5.69. The van der Waals surface area contributed by atoms with Gasteiger partial charge in [-0.1, -0.05) is 0 Å². The Balaban J connectivity index is 0.00000180. The fourth-order valence-electron chi connectivity index (χ4n) is 3.11. The van der Waals surface area contributed by atoms with Gasteiger partial charge in [-0.05, 0) is 30.9 Å². The highest BCUT2D eigenvalue weighted by molar-refractivity contribution is 5.97. The molecule has 0 bridgehead atoms. The van der Waals surface area contributed by atoms with Crippen molar-refractivity contribution in [1.29, 1.82) is 0 Å². The van der Waals surface area contributed by atoms with Gasteiger partial charge in [-0.2, -0.15) is 0 Å². The molecule has 3 aromatic rings. The van der Waals surface area contributed by atoms with Crippen LogP contribution in [-0.4, -0.2) is 39.1 Å². The van der Waals surface area contributed by atoms with Crippen LogP contribution in [0.3, 0.4) is 0 Å². The van der Waals surface area contributed by atoms with E-state index in [-0.39, 0.29) is 13.9 Å². The highest BCUT2D eigenvalue weighted by Gasteiger charge is 2.24. The van der Waals surface area contributed by atoms with Crippen LogP contribution in [-0.2, 0) is 11.3 Å². The fourth-order valence-corrected chi connectivity index (χ4v) is 3.11. The molecule has 1 N–H and O–H groups in total. The first-order chi connectivity index (χ1) is 12.7. The zero-order valence-corrected chi connectivity index (χ0v) is 14.3. The van der Waals surface area contributed by atoms with Crippen LogP contribution in [0.25, 0.3) is 11.3 Å². The summed E-state index contributed by atoms with van der Waals surface area (Å²) in [6.07, 6.45) is 6.04. The Hall–Kier alpha value is -3.16. The maximum Gasteiger partial charge on any atom is 0.264 e. The van der Waals surface area contributed by atoms with Crippen LogP contribution < -0.4 is 15.0 Å². The SMILES string of the molecule is CN1C(=O)COc2cc(Nc3cnc4ncn(CC5CC5)c4n3)ccc21.[HH]. The van der Waals surface area contributed by atoms with Gasteiger partial charge < -0.3 is 19.5 Å². The first kappa shape index (κ1) is 15.1. The number of aromatic nitrogens is 4. The van der Waals surface area contributed by atoms with Crippen LogP contribution in [0.5, 0.6) is 5.75 Å². The number of hydrogen-bond donors (Lipinski definition) is 1. The summed E-state index contributed by atoms with van der Waals surface area (Å²) in [7, 11) is 1.75. The molecule has 0 atom stereocenters. The summed E-state index contributed by atoms with van der Waals surface area (Å²) >= 11 is 0. The van der Waals surface area contributed by atoms with Crippen molar-refractivity contribution in [3.05, 3.63) is 30.7 Å². The number of nitrogens with zero attached hydrogens (tertiary/aromatic N) is 5. The van der Waals surface area contributed by atoms with Crippen molar-refractivity contribution in [1.82, 2.24) is 19.5 Å². The van der Waals surface area contributed by atoms with Crippen molar-refractivity contribution >= 4 is 34.4 Å². The van der Waals surface area contributed by atoms with E-state index in [4.69, 9.17) is 4.74 Å². The van der Waals surface area contributed by atoms with Gasteiger partial charge in [0.2, 0.25) is 0 Å². The molecule has 1 saturated carbocycles. The number of rotatable bonds is 4. The number of imidazole rings is 1. The molecular weight excluding hydrogens is 332 g/mol. The van der Waals surface area contributed by atoms with E-state index >= 15 is 0 Å². The molecular formula is C18H20N6O2. The first-order valence-electron chi connectivity index (χ1n) is 8.66. The number of fused-ring (bicyclic) bond motifs is 2. The normalized spacial score (nSPS) is 16.5. The van der Waals surface area contributed by atoms with Gasteiger partial charge in [0.15, 0.2) is 23.7 Å². The highest BCUT2D eigenvalue weighted by Crippen LogP contribution is 2.34. The summed E-state index contributed by atoms with van der Waals surface area (Å²) in [5.74, 6) is 2.00. The molecule has 1 aliphatic heterocycles. The zero-order valence-electron chi connectivity index (χ0n) is 14.3. The van der Waals surface area contributed by atoms with Gasteiger partial charge in [0.1, 0.15) is 5.75 Å². The Morgan fingerprint density at radius 2 is 2.23 bits per heavy atom. The summed E-state index contributed by atoms with van der Waals surface area (Å²) in [5.41, 5.74) is 3.04. The molecule has 1 aromatic carbocycles. The van der Waals surface area contributed by atoms with Crippen LogP contribution >= 0.6 is 0 Å². The van der Waals surface area contributed by atoms with Gasteiger partial charge in [-0.3, -0.25) is 4.79 Å². The molecule has 1 amide bonds. The minimum absolute atomic E-state index is 0. The smallest absolute Gasteiger partial charge is 0.264 e. The lowest BCUT2D eigenvalue weighted by molar-refractivity contribution is -0.120. The molecule has 5 rings (SSSR count). The largest absolute Gasteiger partial charge is 0.481 e. The first-order valence-corrected chi connectivity index (χ1v) is 8.66. The van der Waals surface area contributed by atoms with Crippen molar-refractivity contribution in [3.8, 4) is 5.75 Å². The molecule has 134 valence electrons. The van der Waals surface area contributed by atoms with Crippen LogP contribution in [0.1, 0.15) is 14.3 Å². The lowest BCUT2D eigenvalue weighted by Gasteiger charge is -2.26. The number of carbonyl (C=O) groups is 1. The van der Waals surface area contributed by atoms with Crippen LogP contribution in [0, 0.1) is 5.92 Å². The predicted octanol–water partition coefficient (Wildman–Crippen LogP) is 2.58. The number of likely N-dealkylation sites (N-methyl/N-ethyl adjacent to an activating group) is 1. The standard InChI is InChI=1S/C18H18N6O2.H2/c1-23-13-5-4-12(6-14(13)26-9-16(23)25)21-15-7-19-17-18(22-15)24(10-20-17)8-11-2-3-11;/h4-7,10-11H,2-3,8-9H2,1H3,(H,21,22);1H. The van der Waals surface area contributed by atoms with Crippen molar-refractivity contribution in [2.24, 2.45) is 5.92 Å². The highest BCUT2D eigenvalue weighted by atomic mass is 16.5. The monoisotopic (exact) mass is 352 g/mol. The summed E-state index contributed by atoms with van der Waals surface area (Å²) in [6.45, 7) is 1.00. The number of anilines is 3. The molecule has 0 unspecified atom stereocenters. The minimum Gasteiger partial charge on any atom is -0.481 e. The Morgan fingerprint density at radius 1 is 1.35 bits per heavy atom. The van der Waals surface area contributed by atoms with E-state index in [9.17, 15) is 4.79 Å². The Kier molecular flexibility index (Phi) is 3.31. The summed E-state index contributed by atoms with van der Waals surface area (Å²) < 4.78 is 7.60. The Labute approximate surface area is 151 Å². The molecule has 0 saturated heterocycles. The quantitative estimate of drug-likeness (QED) is 0.777. The van der Waals surface area contributed by atoms with E-state index in [0.29, 0.717) is 17.2 Å². The zero-order chi connectivity index (χ0) is 17.7. The molecule has 2 aromatic heterocycles. The second-order valence-corrected chi connectivity index (χ2v) is 6.79. The Morgan fingerprint density at radius 3 is 3.08 bits per heavy atom. The summed E-state index contributed by atoms with van der Waals surface area (Å²) in [4.78, 5) is 26.7. The number of ether oxygens (including phenoxy) is 1. The average Bonchev–Trinajstić information content (AvgIpc) is 3.38. The van der Waals surface area contributed by atoms with E-state index in [0.717, 1.165) is 29.5 Å². The molecule has 2 aliphatic rings. The molecule has 0 spiro atoms. The summed E-state index contributed by atoms with van der Waals surface area (Å²) in [6, 6.07) is 5.62. The molecule has 8 heteroatoms. The lowest BCUT2D eigenvalue weighted by Crippen LogP contribution is -2.35. The van der Waals surface area contributed by atoms with E-state index in [1.165, 1.54) is 12.8 Å². The van der Waals surface area contributed by atoms with Gasteiger partial charge in [-0.15, -0.1) is 0 Å². The maximum atomic E-state index is 11.7. The van der Waals surface area contributed by atoms with Crippen molar-refractivity contribution < 1.29 is 11.0 Å². The third-order valence-corrected chi connectivity index (χ3v) is 4.80. The third kappa shape index (κ3) is 2.63. The molecule has 1 fully saturated rings. The van der Waals surface area contributed by atoms with Gasteiger partial charge in [0.25, 0.3) is 5.91 Å². The molecule has 26 heavy (non-hydrogen) atoms. The number of benzene rings is 1. The molecule has 0 radical (unpaired) electrons. The predicted molar refractivity (Wildman–Crippen MR) is 98.8 cm³/mol. The molecule has 1 aliphatic carbocycles. The number of amides is 1. The molecule has 3 heterocycles. The van der Waals surface area contributed by atoms with E-state index in [1.807, 2.05) is 24.5 Å². The summed E-state index contributed by atoms with van der Waals surface area (Å²) in [5, 5.41) is 3.26. The van der Waals surface area contributed by atoms with Crippen molar-refractivity contribution in [2.45, 2.75) is 19.4 Å². The number of nitrogens with one attached hydrogen (secondary N) is 1. The van der Waals surface area contributed by atoms with Crippen molar-refractivity contribution in [2.75, 3.05) is 23.9 Å². The third-order valence-electron chi connectivity index (χ3n) is 4.80.